The molecular weight excluding hydrogens is 178 g/mol. The third kappa shape index (κ3) is 11.4. The highest BCUT2D eigenvalue weighted by molar-refractivity contribution is 5.73. The summed E-state index contributed by atoms with van der Waals surface area (Å²) >= 11 is 0. The SMILES string of the molecule is CCCOCCCCCCCC(N)=O. The minimum absolute atomic E-state index is 0.184. The predicted octanol–water partition coefficient (Wildman–Crippen LogP) is 2.24. The third-order valence-corrected chi connectivity index (χ3v) is 2.06. The van der Waals surface area contributed by atoms with Crippen LogP contribution >= 0.6 is 0 Å². The van der Waals surface area contributed by atoms with Crippen molar-refractivity contribution in [2.24, 2.45) is 5.73 Å². The van der Waals surface area contributed by atoms with E-state index < -0.39 is 0 Å². The number of unbranched alkanes of at least 4 members (excludes halogenated alkanes) is 4. The molecule has 0 aliphatic carbocycles. The fourth-order valence-corrected chi connectivity index (χ4v) is 1.28. The zero-order valence-electron chi connectivity index (χ0n) is 9.26. The second kappa shape index (κ2) is 10.5. The first-order valence-electron chi connectivity index (χ1n) is 5.63. The Morgan fingerprint density at radius 1 is 1.07 bits per heavy atom. The highest BCUT2D eigenvalue weighted by Crippen LogP contribution is 2.05. The number of primary amides is 1. The van der Waals surface area contributed by atoms with Gasteiger partial charge in [0, 0.05) is 19.6 Å². The van der Waals surface area contributed by atoms with Gasteiger partial charge in [0.1, 0.15) is 0 Å². The lowest BCUT2D eigenvalue weighted by Gasteiger charge is -2.02. The summed E-state index contributed by atoms with van der Waals surface area (Å²) in [6.45, 7) is 3.87. The fourth-order valence-electron chi connectivity index (χ4n) is 1.28. The van der Waals surface area contributed by atoms with Crippen molar-refractivity contribution in [3.05, 3.63) is 0 Å². The van der Waals surface area contributed by atoms with Crippen molar-refractivity contribution in [1.82, 2.24) is 0 Å². The Balaban J connectivity index is 2.88. The average Bonchev–Trinajstić information content (AvgIpc) is 2.15. The normalized spacial score (nSPS) is 10.4. The zero-order valence-corrected chi connectivity index (χ0v) is 9.26. The van der Waals surface area contributed by atoms with Crippen molar-refractivity contribution in [3.8, 4) is 0 Å². The fraction of sp³-hybridized carbons (Fsp3) is 0.909. The molecule has 0 heterocycles. The number of hydrogen-bond acceptors (Lipinski definition) is 2. The van der Waals surface area contributed by atoms with Crippen molar-refractivity contribution >= 4 is 5.91 Å². The molecule has 0 aromatic rings. The molecule has 0 saturated carbocycles. The summed E-state index contributed by atoms with van der Waals surface area (Å²) in [5.41, 5.74) is 5.03. The van der Waals surface area contributed by atoms with Gasteiger partial charge in [-0.2, -0.15) is 0 Å². The van der Waals surface area contributed by atoms with Gasteiger partial charge in [0.25, 0.3) is 0 Å². The van der Waals surface area contributed by atoms with Crippen LogP contribution in [-0.2, 0) is 9.53 Å². The predicted molar refractivity (Wildman–Crippen MR) is 58.0 cm³/mol. The van der Waals surface area contributed by atoms with Crippen LogP contribution in [0, 0.1) is 0 Å². The van der Waals surface area contributed by atoms with E-state index in [2.05, 4.69) is 6.92 Å². The molecule has 2 N–H and O–H groups in total. The van der Waals surface area contributed by atoms with Crippen LogP contribution in [0.4, 0.5) is 0 Å². The molecule has 84 valence electrons. The molecule has 1 amide bonds. The van der Waals surface area contributed by atoms with E-state index in [0.717, 1.165) is 38.9 Å². The monoisotopic (exact) mass is 201 g/mol. The number of rotatable bonds is 10. The number of carbonyl (C=O) groups excluding carboxylic acids is 1. The van der Waals surface area contributed by atoms with Crippen molar-refractivity contribution < 1.29 is 9.53 Å². The van der Waals surface area contributed by atoms with Crippen LogP contribution in [0.15, 0.2) is 0 Å². The Kier molecular flexibility index (Phi) is 10.1. The molecule has 3 heteroatoms. The smallest absolute Gasteiger partial charge is 0.217 e. The number of ether oxygens (including phenoxy) is 1. The first-order valence-corrected chi connectivity index (χ1v) is 5.63. The van der Waals surface area contributed by atoms with E-state index in [1.54, 1.807) is 0 Å². The largest absolute Gasteiger partial charge is 0.381 e. The highest BCUT2D eigenvalue weighted by Gasteiger charge is 1.94. The lowest BCUT2D eigenvalue weighted by atomic mass is 10.1. The minimum atomic E-state index is -0.184. The number of carbonyl (C=O) groups is 1. The van der Waals surface area contributed by atoms with E-state index in [4.69, 9.17) is 10.5 Å². The second-order valence-electron chi connectivity index (χ2n) is 3.60. The van der Waals surface area contributed by atoms with Crippen LogP contribution < -0.4 is 5.73 Å². The summed E-state index contributed by atoms with van der Waals surface area (Å²) in [5.74, 6) is -0.184. The molecule has 0 aromatic carbocycles. The Morgan fingerprint density at radius 3 is 2.36 bits per heavy atom. The van der Waals surface area contributed by atoms with Gasteiger partial charge in [0.15, 0.2) is 0 Å². The summed E-state index contributed by atoms with van der Waals surface area (Å²) in [4.78, 5) is 10.4. The van der Waals surface area contributed by atoms with Crippen molar-refractivity contribution in [1.29, 1.82) is 0 Å². The van der Waals surface area contributed by atoms with Gasteiger partial charge in [0.05, 0.1) is 0 Å². The van der Waals surface area contributed by atoms with Crippen LogP contribution in [0.25, 0.3) is 0 Å². The van der Waals surface area contributed by atoms with Crippen LogP contribution in [0.3, 0.4) is 0 Å². The van der Waals surface area contributed by atoms with E-state index in [-0.39, 0.29) is 5.91 Å². The van der Waals surface area contributed by atoms with Crippen LogP contribution in [0.5, 0.6) is 0 Å². The Bertz CT molecular complexity index is 137. The van der Waals surface area contributed by atoms with E-state index >= 15 is 0 Å². The number of nitrogens with two attached hydrogens (primary N) is 1. The Morgan fingerprint density at radius 2 is 1.71 bits per heavy atom. The first kappa shape index (κ1) is 13.4. The van der Waals surface area contributed by atoms with Gasteiger partial charge in [-0.05, 0) is 19.3 Å². The molecule has 0 radical (unpaired) electrons. The Labute approximate surface area is 87.0 Å². The maximum absolute atomic E-state index is 10.4. The van der Waals surface area contributed by atoms with E-state index in [9.17, 15) is 4.79 Å². The minimum Gasteiger partial charge on any atom is -0.381 e. The van der Waals surface area contributed by atoms with Gasteiger partial charge in [-0.1, -0.05) is 26.2 Å². The quantitative estimate of drug-likeness (QED) is 0.551. The lowest BCUT2D eigenvalue weighted by Crippen LogP contribution is -2.09. The third-order valence-electron chi connectivity index (χ3n) is 2.06. The molecule has 0 rings (SSSR count). The molecule has 0 bridgehead atoms. The van der Waals surface area contributed by atoms with Crippen molar-refractivity contribution in [2.45, 2.75) is 51.9 Å². The molecule has 0 aliphatic heterocycles. The van der Waals surface area contributed by atoms with Crippen LogP contribution in [0.1, 0.15) is 51.9 Å². The average molecular weight is 201 g/mol. The molecular formula is C11H23NO2. The first-order chi connectivity index (χ1) is 6.77. The summed E-state index contributed by atoms with van der Waals surface area (Å²) in [5, 5.41) is 0. The standard InChI is InChI=1S/C11H23NO2/c1-2-9-14-10-7-5-3-4-6-8-11(12)13/h2-10H2,1H3,(H2,12,13). The summed E-state index contributed by atoms with van der Waals surface area (Å²) in [7, 11) is 0. The van der Waals surface area contributed by atoms with E-state index in [1.807, 2.05) is 0 Å². The summed E-state index contributed by atoms with van der Waals surface area (Å²) in [6, 6.07) is 0. The molecule has 3 nitrogen and oxygen atoms in total. The van der Waals surface area contributed by atoms with Gasteiger partial charge in [-0.15, -0.1) is 0 Å². The summed E-state index contributed by atoms with van der Waals surface area (Å²) < 4.78 is 5.35. The summed E-state index contributed by atoms with van der Waals surface area (Å²) in [6.07, 6.45) is 7.19. The maximum Gasteiger partial charge on any atom is 0.217 e. The van der Waals surface area contributed by atoms with Crippen molar-refractivity contribution in [2.75, 3.05) is 13.2 Å². The highest BCUT2D eigenvalue weighted by atomic mass is 16.5. The van der Waals surface area contributed by atoms with Gasteiger partial charge in [-0.25, -0.2) is 0 Å². The van der Waals surface area contributed by atoms with Crippen LogP contribution in [0.2, 0.25) is 0 Å². The van der Waals surface area contributed by atoms with Gasteiger partial charge in [-0.3, -0.25) is 4.79 Å². The molecule has 0 saturated heterocycles. The number of amides is 1. The molecule has 0 aromatic heterocycles. The van der Waals surface area contributed by atoms with Gasteiger partial charge < -0.3 is 10.5 Å². The molecule has 0 atom stereocenters. The van der Waals surface area contributed by atoms with E-state index in [1.165, 1.54) is 12.8 Å². The van der Waals surface area contributed by atoms with Gasteiger partial charge >= 0.3 is 0 Å². The topological polar surface area (TPSA) is 52.3 Å². The molecule has 0 aliphatic rings. The molecule has 0 unspecified atom stereocenters. The molecule has 0 spiro atoms. The van der Waals surface area contributed by atoms with E-state index in [0.29, 0.717) is 6.42 Å². The van der Waals surface area contributed by atoms with Crippen LogP contribution in [-0.4, -0.2) is 19.1 Å². The molecule has 0 fully saturated rings. The Hall–Kier alpha value is -0.570. The lowest BCUT2D eigenvalue weighted by molar-refractivity contribution is -0.118. The number of hydrogen-bond donors (Lipinski definition) is 1. The second-order valence-corrected chi connectivity index (χ2v) is 3.60. The zero-order chi connectivity index (χ0) is 10.6. The molecule has 14 heavy (non-hydrogen) atoms. The van der Waals surface area contributed by atoms with Gasteiger partial charge in [0.2, 0.25) is 5.91 Å². The maximum atomic E-state index is 10.4. The van der Waals surface area contributed by atoms with Crippen molar-refractivity contribution in [3.63, 3.8) is 0 Å².